The summed E-state index contributed by atoms with van der Waals surface area (Å²) in [5.74, 6) is 0. The lowest BCUT2D eigenvalue weighted by Crippen LogP contribution is -2.68. The minimum absolute atomic E-state index is 0.863. The quantitative estimate of drug-likeness (QED) is 0.0819. The van der Waals surface area contributed by atoms with Crippen molar-refractivity contribution in [1.82, 2.24) is 0 Å². The molecule has 5 fully saturated rings. The number of hydrogen-bond donors (Lipinski definition) is 17. The minimum Gasteiger partial charge on any atom is -0.394 e. The van der Waals surface area contributed by atoms with Gasteiger partial charge < -0.3 is 129 Å². The largest absolute Gasteiger partial charge is 0.394 e. The summed E-state index contributed by atoms with van der Waals surface area (Å²) in [6.07, 6.45) is -47.9. The number of aliphatic hydroxyl groups excluding tert-OH is 17. The third-order valence-electron chi connectivity index (χ3n) is 10.3. The van der Waals surface area contributed by atoms with Crippen LogP contribution in [-0.4, -0.2) is 273 Å². The Hall–Kier alpha value is -1.04. The second kappa shape index (κ2) is 19.6. The molecule has 25 atom stereocenters. The van der Waals surface area contributed by atoms with E-state index in [1.165, 1.54) is 0 Å². The number of rotatable bonds is 13. The Bertz CT molecular complexity index is 1210. The standard InChI is InChI=1S/C30H52O26/c31-1-6-11(36)16(41)19(44)27(49-6)53-23-15(40)10(5-35)50-28(21(23)46)55-24-17(42)12(37)8(3-33)52-30(24)56-25-18(43)13(38)7(2-32)51-29(25)54-22-14(39)9(4-34)48-26(47)20(22)45/h6-47H,1-5H2/t6-,7-,8-,9-,10-,11-,12-,13-,14-,15-,16+,17+,18+,19-,20+,21+,22+,23+,24+,25+,26+,27-,28-,29-,30-/m1/s1. The van der Waals surface area contributed by atoms with Crippen molar-refractivity contribution < 1.29 is 129 Å². The van der Waals surface area contributed by atoms with Crippen LogP contribution >= 0.6 is 0 Å². The van der Waals surface area contributed by atoms with Gasteiger partial charge in [-0.15, -0.1) is 0 Å². The maximum absolute atomic E-state index is 11.3. The summed E-state index contributed by atoms with van der Waals surface area (Å²) >= 11 is 0. The molecule has 0 aliphatic carbocycles. The van der Waals surface area contributed by atoms with Crippen molar-refractivity contribution in [1.29, 1.82) is 0 Å². The van der Waals surface area contributed by atoms with E-state index in [1.54, 1.807) is 0 Å². The fourth-order valence-electron chi connectivity index (χ4n) is 6.97. The molecule has 5 aliphatic rings. The lowest BCUT2D eigenvalue weighted by atomic mass is 9.95. The molecular formula is C30H52O26. The van der Waals surface area contributed by atoms with Gasteiger partial charge in [0.15, 0.2) is 31.5 Å². The monoisotopic (exact) mass is 828 g/mol. The Labute approximate surface area is 316 Å². The van der Waals surface area contributed by atoms with E-state index in [0.29, 0.717) is 0 Å². The molecule has 0 radical (unpaired) electrons. The van der Waals surface area contributed by atoms with Crippen molar-refractivity contribution in [2.24, 2.45) is 0 Å². The first kappa shape index (κ1) is 46.0. The zero-order valence-electron chi connectivity index (χ0n) is 29.2. The van der Waals surface area contributed by atoms with Gasteiger partial charge in [0, 0.05) is 0 Å². The van der Waals surface area contributed by atoms with E-state index in [9.17, 15) is 86.8 Å². The molecule has 56 heavy (non-hydrogen) atoms. The van der Waals surface area contributed by atoms with E-state index in [0.717, 1.165) is 0 Å². The van der Waals surface area contributed by atoms with Crippen molar-refractivity contribution in [3.63, 3.8) is 0 Å². The smallest absolute Gasteiger partial charge is 0.187 e. The average molecular weight is 829 g/mol. The Kier molecular flexibility index (Phi) is 16.1. The summed E-state index contributed by atoms with van der Waals surface area (Å²) < 4.78 is 49.7. The first-order valence-electron chi connectivity index (χ1n) is 17.6. The summed E-state index contributed by atoms with van der Waals surface area (Å²) in [6, 6.07) is 0. The minimum atomic E-state index is -2.17. The van der Waals surface area contributed by atoms with E-state index in [4.69, 9.17) is 42.6 Å². The van der Waals surface area contributed by atoms with Crippen LogP contribution in [0.1, 0.15) is 0 Å². The van der Waals surface area contributed by atoms with Crippen LogP contribution in [0.5, 0.6) is 0 Å². The number of aliphatic hydroxyl groups is 17. The van der Waals surface area contributed by atoms with Crippen LogP contribution in [0.15, 0.2) is 0 Å². The molecule has 26 nitrogen and oxygen atoms in total. The predicted molar refractivity (Wildman–Crippen MR) is 167 cm³/mol. The Morgan fingerprint density at radius 1 is 0.268 bits per heavy atom. The molecule has 328 valence electrons. The first-order chi connectivity index (χ1) is 26.5. The lowest BCUT2D eigenvalue weighted by molar-refractivity contribution is -0.407. The Balaban J connectivity index is 1.42. The first-order valence-corrected chi connectivity index (χ1v) is 17.6. The zero-order valence-corrected chi connectivity index (χ0v) is 29.2. The van der Waals surface area contributed by atoms with Gasteiger partial charge in [0.2, 0.25) is 0 Å². The van der Waals surface area contributed by atoms with Crippen LogP contribution in [0.25, 0.3) is 0 Å². The van der Waals surface area contributed by atoms with E-state index in [-0.39, 0.29) is 0 Å². The molecule has 17 N–H and O–H groups in total. The van der Waals surface area contributed by atoms with Gasteiger partial charge in [-0.25, -0.2) is 0 Å². The van der Waals surface area contributed by atoms with Crippen LogP contribution in [0.2, 0.25) is 0 Å². The summed E-state index contributed by atoms with van der Waals surface area (Å²) in [4.78, 5) is 0. The molecule has 26 heteroatoms. The molecule has 0 aromatic carbocycles. The van der Waals surface area contributed by atoms with E-state index < -0.39 is 187 Å². The van der Waals surface area contributed by atoms with E-state index in [1.807, 2.05) is 0 Å². The van der Waals surface area contributed by atoms with Crippen molar-refractivity contribution in [3.05, 3.63) is 0 Å². The van der Waals surface area contributed by atoms with Crippen LogP contribution < -0.4 is 0 Å². The Morgan fingerprint density at radius 2 is 0.571 bits per heavy atom. The summed E-state index contributed by atoms with van der Waals surface area (Å²) in [6.45, 7) is -4.62. The molecule has 0 aromatic heterocycles. The second-order valence-electron chi connectivity index (χ2n) is 13.9. The highest BCUT2D eigenvalue weighted by Gasteiger charge is 2.57. The molecule has 5 aliphatic heterocycles. The van der Waals surface area contributed by atoms with Crippen molar-refractivity contribution >= 4 is 0 Å². The summed E-state index contributed by atoms with van der Waals surface area (Å²) in [5, 5.41) is 177. The second-order valence-corrected chi connectivity index (χ2v) is 13.9. The highest BCUT2D eigenvalue weighted by molar-refractivity contribution is 4.99. The highest BCUT2D eigenvalue weighted by atomic mass is 16.8. The van der Waals surface area contributed by atoms with E-state index >= 15 is 0 Å². The molecular weight excluding hydrogens is 776 g/mol. The van der Waals surface area contributed by atoms with Gasteiger partial charge in [0.25, 0.3) is 0 Å². The number of hydrogen-bond acceptors (Lipinski definition) is 26. The molecule has 0 amide bonds. The summed E-state index contributed by atoms with van der Waals surface area (Å²) in [5.41, 5.74) is 0. The van der Waals surface area contributed by atoms with Crippen molar-refractivity contribution in [2.75, 3.05) is 33.0 Å². The van der Waals surface area contributed by atoms with Crippen LogP contribution in [0, 0.1) is 0 Å². The molecule has 0 spiro atoms. The van der Waals surface area contributed by atoms with Gasteiger partial charge in [-0.1, -0.05) is 0 Å². The molecule has 0 aromatic rings. The van der Waals surface area contributed by atoms with Crippen LogP contribution in [-0.2, 0) is 42.6 Å². The maximum atomic E-state index is 11.3. The molecule has 5 heterocycles. The number of ether oxygens (including phenoxy) is 9. The van der Waals surface area contributed by atoms with Gasteiger partial charge in [0.05, 0.1) is 33.0 Å². The van der Waals surface area contributed by atoms with Crippen molar-refractivity contribution in [2.45, 2.75) is 154 Å². The van der Waals surface area contributed by atoms with Gasteiger partial charge >= 0.3 is 0 Å². The fraction of sp³-hybridized carbons (Fsp3) is 1.00. The third kappa shape index (κ3) is 9.16. The SMILES string of the molecule is OC[C@H]1O[C@H](O[C@@H]2[C@H](O)[C@@H](O[C@@H]3[C@@H](O[C@@H]4[C@@H](O[C@@H]5[C@H](O)[C@@H](O)O[C@H](CO)[C@H]5O)O[C@H](CO)[C@@H](O)[C@@H]4O)O[C@H](CO)[C@@H](O)[C@@H]3O)O[C@H](CO)[C@H]2O)[C@H](O)[C@@H](O)[C@@H]1O. The molecule has 0 bridgehead atoms. The Morgan fingerprint density at radius 3 is 1.02 bits per heavy atom. The third-order valence-corrected chi connectivity index (χ3v) is 10.3. The average Bonchev–Trinajstić information content (AvgIpc) is 3.19. The topological polar surface area (TPSA) is 427 Å². The normalized spacial score (nSPS) is 53.2. The highest BCUT2D eigenvalue weighted by Crippen LogP contribution is 2.36. The molecule has 0 unspecified atom stereocenters. The molecule has 0 saturated carbocycles. The predicted octanol–water partition coefficient (Wildman–Crippen LogP) is -11.9. The lowest BCUT2D eigenvalue weighted by Gasteiger charge is -2.50. The van der Waals surface area contributed by atoms with Gasteiger partial charge in [-0.3, -0.25) is 0 Å². The van der Waals surface area contributed by atoms with Gasteiger partial charge in [-0.05, 0) is 0 Å². The summed E-state index contributed by atoms with van der Waals surface area (Å²) in [7, 11) is 0. The molecule has 5 saturated heterocycles. The van der Waals surface area contributed by atoms with E-state index in [2.05, 4.69) is 0 Å². The molecule has 5 rings (SSSR count). The van der Waals surface area contributed by atoms with Crippen molar-refractivity contribution in [3.8, 4) is 0 Å². The zero-order chi connectivity index (χ0) is 41.3. The van der Waals surface area contributed by atoms with Gasteiger partial charge in [-0.2, -0.15) is 0 Å². The van der Waals surface area contributed by atoms with Gasteiger partial charge in [0.1, 0.15) is 122 Å². The maximum Gasteiger partial charge on any atom is 0.187 e. The van der Waals surface area contributed by atoms with Crippen LogP contribution in [0.3, 0.4) is 0 Å². The fourth-order valence-corrected chi connectivity index (χ4v) is 6.97. The van der Waals surface area contributed by atoms with Crippen LogP contribution in [0.4, 0.5) is 0 Å².